The lowest BCUT2D eigenvalue weighted by atomic mass is 10.2. The third-order valence-corrected chi connectivity index (χ3v) is 2.45. The Morgan fingerprint density at radius 3 is 2.84 bits per heavy atom. The van der Waals surface area contributed by atoms with E-state index in [0.717, 1.165) is 5.57 Å². The molecule has 0 radical (unpaired) electrons. The van der Waals surface area contributed by atoms with Gasteiger partial charge in [0.05, 0.1) is 0 Å². The van der Waals surface area contributed by atoms with Crippen LogP contribution in [0.5, 0.6) is 0 Å². The molecule has 19 heavy (non-hydrogen) atoms. The van der Waals surface area contributed by atoms with Crippen LogP contribution in [-0.4, -0.2) is 24.6 Å². The topological polar surface area (TPSA) is 52.6 Å². The third kappa shape index (κ3) is 5.38. The summed E-state index contributed by atoms with van der Waals surface area (Å²) in [6, 6.07) is 0. The molecular weight excluding hydrogens is 244 g/mol. The first kappa shape index (κ1) is 15.0. The lowest BCUT2D eigenvalue weighted by Crippen LogP contribution is -2.22. The van der Waals surface area contributed by atoms with E-state index in [1.807, 2.05) is 18.2 Å². The van der Waals surface area contributed by atoms with Gasteiger partial charge in [-0.05, 0) is 18.9 Å². The van der Waals surface area contributed by atoms with Crippen LogP contribution in [0.25, 0.3) is 0 Å². The van der Waals surface area contributed by atoms with Crippen LogP contribution in [0.15, 0.2) is 48.1 Å². The molecule has 0 amide bonds. The van der Waals surface area contributed by atoms with Gasteiger partial charge in [0, 0.05) is 12.5 Å². The van der Waals surface area contributed by atoms with E-state index in [0.29, 0.717) is 12.0 Å². The van der Waals surface area contributed by atoms with Crippen LogP contribution in [-0.2, 0) is 19.1 Å². The zero-order valence-corrected chi connectivity index (χ0v) is 11.2. The maximum absolute atomic E-state index is 11.9. The molecule has 1 rings (SSSR count). The molecular formula is C15H18O4. The maximum atomic E-state index is 11.9. The molecule has 1 aliphatic carbocycles. The summed E-state index contributed by atoms with van der Waals surface area (Å²) in [5.41, 5.74) is 1.50. The normalized spacial score (nSPS) is 15.7. The van der Waals surface area contributed by atoms with Crippen molar-refractivity contribution in [2.75, 3.05) is 6.61 Å². The molecule has 0 aromatic heterocycles. The first-order valence-corrected chi connectivity index (χ1v) is 6.07. The zero-order valence-electron chi connectivity index (χ0n) is 11.2. The van der Waals surface area contributed by atoms with E-state index >= 15 is 0 Å². The predicted molar refractivity (Wildman–Crippen MR) is 72.3 cm³/mol. The third-order valence-electron chi connectivity index (χ3n) is 2.45. The van der Waals surface area contributed by atoms with E-state index in [1.54, 1.807) is 19.1 Å². The van der Waals surface area contributed by atoms with Crippen molar-refractivity contribution in [1.82, 2.24) is 0 Å². The SMILES string of the molecule is C=CC1=CC=C(C(=O)OC(C)COC(C)=O)CC=C1. The van der Waals surface area contributed by atoms with Gasteiger partial charge in [-0.25, -0.2) is 4.79 Å². The fourth-order valence-electron chi connectivity index (χ4n) is 1.46. The van der Waals surface area contributed by atoms with Crippen molar-refractivity contribution in [2.45, 2.75) is 26.4 Å². The van der Waals surface area contributed by atoms with Crippen molar-refractivity contribution < 1.29 is 19.1 Å². The Hall–Kier alpha value is -2.10. The van der Waals surface area contributed by atoms with Gasteiger partial charge in [0.2, 0.25) is 0 Å². The van der Waals surface area contributed by atoms with Gasteiger partial charge in [0.15, 0.2) is 0 Å². The summed E-state index contributed by atoms with van der Waals surface area (Å²) in [7, 11) is 0. The molecule has 4 heteroatoms. The van der Waals surface area contributed by atoms with Crippen molar-refractivity contribution in [1.29, 1.82) is 0 Å². The minimum Gasteiger partial charge on any atom is -0.462 e. The highest BCUT2D eigenvalue weighted by Crippen LogP contribution is 2.14. The van der Waals surface area contributed by atoms with E-state index in [1.165, 1.54) is 6.92 Å². The predicted octanol–water partition coefficient (Wildman–Crippen LogP) is 2.48. The van der Waals surface area contributed by atoms with Crippen LogP contribution in [0.1, 0.15) is 20.3 Å². The first-order valence-electron chi connectivity index (χ1n) is 6.07. The highest BCUT2D eigenvalue weighted by molar-refractivity contribution is 5.89. The Balaban J connectivity index is 2.56. The van der Waals surface area contributed by atoms with Crippen LogP contribution < -0.4 is 0 Å². The molecule has 0 spiro atoms. The molecule has 0 aromatic carbocycles. The highest BCUT2D eigenvalue weighted by Gasteiger charge is 2.15. The standard InChI is InChI=1S/C15H18O4/c1-4-13-6-5-7-14(9-8-13)15(17)19-11(2)10-18-12(3)16/h4-6,8-9,11H,1,7,10H2,2-3H3. The molecule has 1 aliphatic rings. The van der Waals surface area contributed by atoms with Gasteiger partial charge in [-0.2, -0.15) is 0 Å². The average Bonchev–Trinajstić information content (AvgIpc) is 2.61. The molecule has 0 N–H and O–H groups in total. The number of hydrogen-bond donors (Lipinski definition) is 0. The second-order valence-corrected chi connectivity index (χ2v) is 4.19. The van der Waals surface area contributed by atoms with Crippen molar-refractivity contribution in [2.24, 2.45) is 0 Å². The van der Waals surface area contributed by atoms with E-state index in [-0.39, 0.29) is 6.61 Å². The number of carbonyl (C=O) groups excluding carboxylic acids is 2. The Kier molecular flexibility index (Phi) is 5.79. The summed E-state index contributed by atoms with van der Waals surface area (Å²) in [5, 5.41) is 0. The van der Waals surface area contributed by atoms with Crippen molar-refractivity contribution in [3.8, 4) is 0 Å². The van der Waals surface area contributed by atoms with Crippen molar-refractivity contribution in [3.63, 3.8) is 0 Å². The maximum Gasteiger partial charge on any atom is 0.334 e. The second kappa shape index (κ2) is 7.36. The lowest BCUT2D eigenvalue weighted by Gasteiger charge is -2.13. The Bertz CT molecular complexity index is 455. The van der Waals surface area contributed by atoms with Gasteiger partial charge < -0.3 is 9.47 Å². The van der Waals surface area contributed by atoms with Crippen LogP contribution in [0.4, 0.5) is 0 Å². The van der Waals surface area contributed by atoms with Gasteiger partial charge >= 0.3 is 11.9 Å². The molecule has 0 saturated carbocycles. The minimum absolute atomic E-state index is 0.0674. The molecule has 0 aliphatic heterocycles. The number of esters is 2. The zero-order chi connectivity index (χ0) is 14.3. The van der Waals surface area contributed by atoms with Crippen LogP contribution >= 0.6 is 0 Å². The number of hydrogen-bond acceptors (Lipinski definition) is 4. The quantitative estimate of drug-likeness (QED) is 0.714. The lowest BCUT2D eigenvalue weighted by molar-refractivity contribution is -0.153. The molecule has 1 atom stereocenters. The summed E-state index contributed by atoms with van der Waals surface area (Å²) in [6.07, 6.45) is 9.06. The number of rotatable bonds is 5. The van der Waals surface area contributed by atoms with E-state index in [9.17, 15) is 9.59 Å². The van der Waals surface area contributed by atoms with Crippen LogP contribution in [0.2, 0.25) is 0 Å². The molecule has 0 saturated heterocycles. The van der Waals surface area contributed by atoms with E-state index in [2.05, 4.69) is 6.58 Å². The number of allylic oxidation sites excluding steroid dienone is 6. The average molecular weight is 262 g/mol. The van der Waals surface area contributed by atoms with E-state index in [4.69, 9.17) is 9.47 Å². The second-order valence-electron chi connectivity index (χ2n) is 4.19. The summed E-state index contributed by atoms with van der Waals surface area (Å²) >= 11 is 0. The van der Waals surface area contributed by atoms with Gasteiger partial charge in [-0.1, -0.05) is 37.0 Å². The first-order chi connectivity index (χ1) is 9.02. The van der Waals surface area contributed by atoms with Gasteiger partial charge in [-0.3, -0.25) is 4.79 Å². The van der Waals surface area contributed by atoms with Gasteiger partial charge in [0.25, 0.3) is 0 Å². The molecule has 1 unspecified atom stereocenters. The molecule has 102 valence electrons. The minimum atomic E-state index is -0.465. The molecule has 0 fully saturated rings. The molecule has 0 aromatic rings. The fourth-order valence-corrected chi connectivity index (χ4v) is 1.46. The Morgan fingerprint density at radius 1 is 1.47 bits per heavy atom. The number of carbonyl (C=O) groups is 2. The summed E-state index contributed by atoms with van der Waals surface area (Å²) in [5.74, 6) is -0.788. The summed E-state index contributed by atoms with van der Waals surface area (Å²) in [6.45, 7) is 6.73. The largest absolute Gasteiger partial charge is 0.462 e. The highest BCUT2D eigenvalue weighted by atomic mass is 16.6. The van der Waals surface area contributed by atoms with Crippen molar-refractivity contribution >= 4 is 11.9 Å². The van der Waals surface area contributed by atoms with E-state index < -0.39 is 18.0 Å². The number of ether oxygens (including phenoxy) is 2. The molecule has 0 bridgehead atoms. The van der Waals surface area contributed by atoms with Crippen LogP contribution in [0, 0.1) is 0 Å². The molecule has 4 nitrogen and oxygen atoms in total. The van der Waals surface area contributed by atoms with Crippen molar-refractivity contribution in [3.05, 3.63) is 48.1 Å². The van der Waals surface area contributed by atoms with Gasteiger partial charge in [0.1, 0.15) is 12.7 Å². The smallest absolute Gasteiger partial charge is 0.334 e. The molecule has 0 heterocycles. The Morgan fingerprint density at radius 2 is 2.21 bits per heavy atom. The van der Waals surface area contributed by atoms with Gasteiger partial charge in [-0.15, -0.1) is 0 Å². The van der Waals surface area contributed by atoms with Crippen LogP contribution in [0.3, 0.4) is 0 Å². The fraction of sp³-hybridized carbons (Fsp3) is 0.333. The Labute approximate surface area is 113 Å². The summed E-state index contributed by atoms with van der Waals surface area (Å²) < 4.78 is 9.97. The monoisotopic (exact) mass is 262 g/mol. The summed E-state index contributed by atoms with van der Waals surface area (Å²) in [4.78, 5) is 22.5.